The molecule has 86 valence electrons. The molecule has 1 fully saturated rings. The van der Waals surface area contributed by atoms with Crippen LogP contribution in [0.1, 0.15) is 6.42 Å². The molecule has 0 bridgehead atoms. The number of methoxy groups -OCH3 is 2. The second kappa shape index (κ2) is 5.64. The first-order valence-electron chi connectivity index (χ1n) is 4.55. The van der Waals surface area contributed by atoms with E-state index in [2.05, 4.69) is 16.2 Å². The molecule has 1 aliphatic heterocycles. The van der Waals surface area contributed by atoms with Gasteiger partial charge in [0.05, 0.1) is 13.0 Å². The summed E-state index contributed by atoms with van der Waals surface area (Å²) in [7, 11) is 2.97. The van der Waals surface area contributed by atoms with Gasteiger partial charge in [0, 0.05) is 14.2 Å². The van der Waals surface area contributed by atoms with Crippen LogP contribution in [0.5, 0.6) is 0 Å². The van der Waals surface area contributed by atoms with Crippen molar-refractivity contribution in [2.75, 3.05) is 20.8 Å². The molecule has 1 atom stereocenters. The van der Waals surface area contributed by atoms with E-state index >= 15 is 0 Å². The Balaban J connectivity index is 2.26. The summed E-state index contributed by atoms with van der Waals surface area (Å²) in [6.07, 6.45) is -0.324. The van der Waals surface area contributed by atoms with Gasteiger partial charge in [-0.25, -0.2) is 5.43 Å². The molecule has 0 aliphatic carbocycles. The van der Waals surface area contributed by atoms with E-state index in [9.17, 15) is 9.59 Å². The van der Waals surface area contributed by atoms with Crippen LogP contribution in [0.4, 0.5) is 0 Å². The zero-order chi connectivity index (χ0) is 11.3. The molecule has 1 heterocycles. The first-order valence-corrected chi connectivity index (χ1v) is 4.55. The van der Waals surface area contributed by atoms with Gasteiger partial charge in [-0.2, -0.15) is 0 Å². The number of amides is 2. The highest BCUT2D eigenvalue weighted by Crippen LogP contribution is 1.98. The summed E-state index contributed by atoms with van der Waals surface area (Å²) in [5, 5.41) is 2.60. The van der Waals surface area contributed by atoms with Gasteiger partial charge in [-0.05, 0) is 0 Å². The van der Waals surface area contributed by atoms with Crippen molar-refractivity contribution in [2.24, 2.45) is 0 Å². The summed E-state index contributed by atoms with van der Waals surface area (Å²) in [5.74, 6) is -0.447. The van der Waals surface area contributed by atoms with E-state index < -0.39 is 12.3 Å². The van der Waals surface area contributed by atoms with Crippen LogP contribution in [0, 0.1) is 0 Å². The van der Waals surface area contributed by atoms with Crippen LogP contribution in [0.15, 0.2) is 0 Å². The predicted molar refractivity (Wildman–Crippen MR) is 50.5 cm³/mol. The van der Waals surface area contributed by atoms with Crippen molar-refractivity contribution >= 4 is 11.8 Å². The molecule has 0 spiro atoms. The summed E-state index contributed by atoms with van der Waals surface area (Å²) < 4.78 is 9.79. The number of hydrazine groups is 1. The summed E-state index contributed by atoms with van der Waals surface area (Å²) in [4.78, 5) is 22.3. The Labute approximate surface area is 87.5 Å². The van der Waals surface area contributed by atoms with Crippen LogP contribution in [-0.4, -0.2) is 44.9 Å². The van der Waals surface area contributed by atoms with Gasteiger partial charge in [0.25, 0.3) is 0 Å². The van der Waals surface area contributed by atoms with Gasteiger partial charge in [0.1, 0.15) is 6.04 Å². The fraction of sp³-hybridized carbons (Fsp3) is 0.750. The highest BCUT2D eigenvalue weighted by Gasteiger charge is 2.27. The minimum absolute atomic E-state index is 0.149. The third kappa shape index (κ3) is 3.46. The summed E-state index contributed by atoms with van der Waals surface area (Å²) in [5.41, 5.74) is 4.93. The Hall–Kier alpha value is -1.18. The Bertz CT molecular complexity index is 242. The van der Waals surface area contributed by atoms with Crippen LogP contribution in [0.25, 0.3) is 0 Å². The fourth-order valence-corrected chi connectivity index (χ4v) is 1.18. The van der Waals surface area contributed by atoms with Crippen LogP contribution in [0.3, 0.4) is 0 Å². The van der Waals surface area contributed by atoms with Gasteiger partial charge in [0.15, 0.2) is 6.29 Å². The van der Waals surface area contributed by atoms with Crippen molar-refractivity contribution in [2.45, 2.75) is 18.8 Å². The van der Waals surface area contributed by atoms with E-state index in [1.807, 2.05) is 0 Å². The minimum atomic E-state index is -0.521. The van der Waals surface area contributed by atoms with Gasteiger partial charge in [0.2, 0.25) is 11.8 Å². The average Bonchev–Trinajstić information content (AvgIpc) is 2.66. The monoisotopic (exact) mass is 217 g/mol. The van der Waals surface area contributed by atoms with Crippen molar-refractivity contribution in [1.29, 1.82) is 0 Å². The molecule has 0 radical (unpaired) electrons. The topological polar surface area (TPSA) is 88.7 Å². The lowest BCUT2D eigenvalue weighted by Gasteiger charge is -2.15. The zero-order valence-electron chi connectivity index (χ0n) is 8.70. The second-order valence-electron chi connectivity index (χ2n) is 3.10. The van der Waals surface area contributed by atoms with Crippen molar-refractivity contribution < 1.29 is 19.1 Å². The number of carbonyl (C=O) groups is 2. The molecule has 1 saturated heterocycles. The summed E-state index contributed by atoms with van der Waals surface area (Å²) in [6.45, 7) is 0.248. The predicted octanol–water partition coefficient (Wildman–Crippen LogP) is -1.89. The van der Waals surface area contributed by atoms with Crippen molar-refractivity contribution in [3.05, 3.63) is 0 Å². The lowest BCUT2D eigenvalue weighted by Crippen LogP contribution is -2.45. The number of rotatable bonds is 5. The molecule has 1 aliphatic rings. The maximum Gasteiger partial charge on any atom is 0.239 e. The second-order valence-corrected chi connectivity index (χ2v) is 3.10. The van der Waals surface area contributed by atoms with Crippen LogP contribution >= 0.6 is 0 Å². The molecule has 2 amide bonds. The number of ether oxygens (including phenoxy) is 2. The molecule has 1 rings (SSSR count). The maximum absolute atomic E-state index is 11.5. The molecule has 0 saturated carbocycles. The first kappa shape index (κ1) is 11.9. The molecule has 0 aromatic carbocycles. The van der Waals surface area contributed by atoms with E-state index in [4.69, 9.17) is 9.47 Å². The van der Waals surface area contributed by atoms with Crippen LogP contribution in [-0.2, 0) is 19.1 Å². The SMILES string of the molecule is COC(CNC(=O)C1CC(=O)NN1)OC. The Morgan fingerprint density at radius 1 is 1.60 bits per heavy atom. The highest BCUT2D eigenvalue weighted by molar-refractivity contribution is 5.90. The Morgan fingerprint density at radius 3 is 2.73 bits per heavy atom. The Kier molecular flexibility index (Phi) is 4.47. The summed E-state index contributed by atoms with van der Waals surface area (Å²) in [6, 6.07) is -0.521. The third-order valence-corrected chi connectivity index (χ3v) is 2.06. The van der Waals surface area contributed by atoms with Gasteiger partial charge in [-0.1, -0.05) is 0 Å². The first-order chi connectivity index (χ1) is 7.17. The molecular formula is C8H15N3O4. The molecule has 7 heteroatoms. The standard InChI is InChI=1S/C8H15N3O4/c1-14-7(15-2)4-9-8(13)5-3-6(12)11-10-5/h5,7,10H,3-4H2,1-2H3,(H,9,13)(H,11,12). The van der Waals surface area contributed by atoms with Crippen LogP contribution < -0.4 is 16.2 Å². The third-order valence-electron chi connectivity index (χ3n) is 2.06. The van der Waals surface area contributed by atoms with Crippen LogP contribution in [0.2, 0.25) is 0 Å². The Morgan fingerprint density at radius 2 is 2.27 bits per heavy atom. The van der Waals surface area contributed by atoms with E-state index in [1.54, 1.807) is 0 Å². The minimum Gasteiger partial charge on any atom is -0.354 e. The zero-order valence-corrected chi connectivity index (χ0v) is 8.70. The average molecular weight is 217 g/mol. The van der Waals surface area contributed by atoms with E-state index in [-0.39, 0.29) is 24.8 Å². The summed E-state index contributed by atoms with van der Waals surface area (Å²) >= 11 is 0. The molecule has 15 heavy (non-hydrogen) atoms. The van der Waals surface area contributed by atoms with Gasteiger partial charge >= 0.3 is 0 Å². The van der Waals surface area contributed by atoms with Gasteiger partial charge in [-0.15, -0.1) is 0 Å². The number of nitrogens with one attached hydrogen (secondary N) is 3. The maximum atomic E-state index is 11.5. The molecule has 3 N–H and O–H groups in total. The number of carbonyl (C=O) groups excluding carboxylic acids is 2. The lowest BCUT2D eigenvalue weighted by molar-refractivity contribution is -0.129. The van der Waals surface area contributed by atoms with Crippen molar-refractivity contribution in [3.8, 4) is 0 Å². The quantitative estimate of drug-likeness (QED) is 0.469. The highest BCUT2D eigenvalue weighted by atomic mass is 16.7. The fourth-order valence-electron chi connectivity index (χ4n) is 1.18. The normalized spacial score (nSPS) is 20.5. The number of hydrogen-bond donors (Lipinski definition) is 3. The van der Waals surface area contributed by atoms with E-state index in [0.717, 1.165) is 0 Å². The largest absolute Gasteiger partial charge is 0.354 e. The number of hydrogen-bond acceptors (Lipinski definition) is 5. The lowest BCUT2D eigenvalue weighted by atomic mass is 10.2. The van der Waals surface area contributed by atoms with E-state index in [0.29, 0.717) is 0 Å². The van der Waals surface area contributed by atoms with Gasteiger partial charge < -0.3 is 14.8 Å². The van der Waals surface area contributed by atoms with Crippen molar-refractivity contribution in [3.63, 3.8) is 0 Å². The molecular weight excluding hydrogens is 202 g/mol. The molecule has 7 nitrogen and oxygen atoms in total. The molecule has 0 aromatic rings. The van der Waals surface area contributed by atoms with E-state index in [1.165, 1.54) is 14.2 Å². The van der Waals surface area contributed by atoms with Gasteiger partial charge in [-0.3, -0.25) is 15.0 Å². The molecule has 0 aromatic heterocycles. The molecule has 1 unspecified atom stereocenters. The van der Waals surface area contributed by atoms with Crippen molar-refractivity contribution in [1.82, 2.24) is 16.2 Å². The smallest absolute Gasteiger partial charge is 0.239 e.